The number of hydrogen-bond donors (Lipinski definition) is 1. The Morgan fingerprint density at radius 3 is 2.67 bits per heavy atom. The highest BCUT2D eigenvalue weighted by molar-refractivity contribution is 9.10. The summed E-state index contributed by atoms with van der Waals surface area (Å²) in [6, 6.07) is 10.6. The third-order valence-corrected chi connectivity index (χ3v) is 4.75. The zero-order chi connectivity index (χ0) is 15.5. The first kappa shape index (κ1) is 15.9. The summed E-state index contributed by atoms with van der Waals surface area (Å²) in [4.78, 5) is 0.0166. The number of sulfonamides is 1. The maximum Gasteiger partial charge on any atom is 0.244 e. The molecular formula is C14H13BrFNO3S. The van der Waals surface area contributed by atoms with E-state index in [1.54, 1.807) is 24.3 Å². The lowest BCUT2D eigenvalue weighted by molar-refractivity contribution is 0.402. The lowest BCUT2D eigenvalue weighted by atomic mass is 10.2. The van der Waals surface area contributed by atoms with Crippen LogP contribution in [0.25, 0.3) is 0 Å². The number of hydrogen-bond acceptors (Lipinski definition) is 3. The van der Waals surface area contributed by atoms with E-state index in [-0.39, 0.29) is 22.8 Å². The Bertz CT molecular complexity index is 750. The normalized spacial score (nSPS) is 11.4. The molecule has 7 heteroatoms. The van der Waals surface area contributed by atoms with Crippen LogP contribution < -0.4 is 9.46 Å². The Morgan fingerprint density at radius 1 is 1.24 bits per heavy atom. The lowest BCUT2D eigenvalue weighted by Crippen LogP contribution is -2.24. The maximum atomic E-state index is 13.6. The molecule has 0 radical (unpaired) electrons. The minimum Gasteiger partial charge on any atom is -0.495 e. The molecule has 2 aromatic rings. The molecule has 1 N–H and O–H groups in total. The number of benzene rings is 2. The molecule has 0 saturated carbocycles. The van der Waals surface area contributed by atoms with Gasteiger partial charge in [0.1, 0.15) is 16.5 Å². The van der Waals surface area contributed by atoms with E-state index in [2.05, 4.69) is 20.7 Å². The van der Waals surface area contributed by atoms with Crippen LogP contribution in [0.4, 0.5) is 4.39 Å². The molecule has 0 saturated heterocycles. The molecule has 0 amide bonds. The van der Waals surface area contributed by atoms with Crippen LogP contribution >= 0.6 is 15.9 Å². The van der Waals surface area contributed by atoms with Gasteiger partial charge >= 0.3 is 0 Å². The predicted octanol–water partition coefficient (Wildman–Crippen LogP) is 3.08. The molecule has 0 aliphatic carbocycles. The minimum atomic E-state index is -3.79. The highest BCUT2D eigenvalue weighted by atomic mass is 79.9. The fraction of sp³-hybridized carbons (Fsp3) is 0.143. The molecule has 0 fully saturated rings. The molecule has 0 atom stereocenters. The van der Waals surface area contributed by atoms with Gasteiger partial charge in [0, 0.05) is 16.6 Å². The second kappa shape index (κ2) is 6.55. The topological polar surface area (TPSA) is 55.4 Å². The molecular weight excluding hydrogens is 361 g/mol. The van der Waals surface area contributed by atoms with Crippen molar-refractivity contribution in [2.75, 3.05) is 7.11 Å². The number of para-hydroxylation sites is 1. The van der Waals surface area contributed by atoms with Gasteiger partial charge < -0.3 is 4.74 Å². The first-order valence-electron chi connectivity index (χ1n) is 6.00. The van der Waals surface area contributed by atoms with Crippen molar-refractivity contribution in [2.45, 2.75) is 11.4 Å². The Morgan fingerprint density at radius 2 is 1.95 bits per heavy atom. The highest BCUT2D eigenvalue weighted by Gasteiger charge is 2.19. The second-order valence-corrected chi connectivity index (χ2v) is 6.86. The van der Waals surface area contributed by atoms with Gasteiger partial charge in [-0.3, -0.25) is 0 Å². The van der Waals surface area contributed by atoms with Crippen molar-refractivity contribution in [3.05, 3.63) is 58.3 Å². The van der Waals surface area contributed by atoms with Crippen LogP contribution in [-0.2, 0) is 16.6 Å². The lowest BCUT2D eigenvalue weighted by Gasteiger charge is -2.11. The first-order valence-corrected chi connectivity index (χ1v) is 8.28. The zero-order valence-corrected chi connectivity index (χ0v) is 13.5. The Labute approximate surface area is 131 Å². The van der Waals surface area contributed by atoms with Crippen molar-refractivity contribution in [1.82, 2.24) is 4.72 Å². The fourth-order valence-electron chi connectivity index (χ4n) is 1.77. The van der Waals surface area contributed by atoms with E-state index >= 15 is 0 Å². The van der Waals surface area contributed by atoms with Crippen LogP contribution in [0, 0.1) is 5.82 Å². The van der Waals surface area contributed by atoms with Crippen molar-refractivity contribution in [2.24, 2.45) is 0 Å². The molecule has 4 nitrogen and oxygen atoms in total. The largest absolute Gasteiger partial charge is 0.495 e. The van der Waals surface area contributed by atoms with E-state index in [0.717, 1.165) is 0 Å². The van der Waals surface area contributed by atoms with E-state index in [4.69, 9.17) is 4.74 Å². The van der Waals surface area contributed by atoms with E-state index in [1.807, 2.05) is 0 Å². The molecule has 21 heavy (non-hydrogen) atoms. The van der Waals surface area contributed by atoms with Gasteiger partial charge in [0.15, 0.2) is 0 Å². The summed E-state index contributed by atoms with van der Waals surface area (Å²) in [5, 5.41) is 0. The van der Waals surface area contributed by atoms with Crippen LogP contribution in [0.3, 0.4) is 0 Å². The molecule has 0 heterocycles. The van der Waals surface area contributed by atoms with Crippen molar-refractivity contribution >= 4 is 26.0 Å². The fourth-order valence-corrected chi connectivity index (χ4v) is 3.35. The average molecular weight is 374 g/mol. The molecule has 0 spiro atoms. The van der Waals surface area contributed by atoms with Gasteiger partial charge in [0.2, 0.25) is 10.0 Å². The summed E-state index contributed by atoms with van der Waals surface area (Å²) < 4.78 is 46.2. The van der Waals surface area contributed by atoms with E-state index < -0.39 is 15.8 Å². The average Bonchev–Trinajstić information content (AvgIpc) is 2.48. The van der Waals surface area contributed by atoms with Gasteiger partial charge in [-0.25, -0.2) is 17.5 Å². The van der Waals surface area contributed by atoms with Crippen molar-refractivity contribution < 1.29 is 17.5 Å². The zero-order valence-electron chi connectivity index (χ0n) is 11.1. The number of methoxy groups -OCH3 is 1. The number of nitrogens with one attached hydrogen (secondary N) is 1. The molecule has 0 unspecified atom stereocenters. The van der Waals surface area contributed by atoms with Gasteiger partial charge in [-0.2, -0.15) is 0 Å². The van der Waals surface area contributed by atoms with E-state index in [1.165, 1.54) is 25.3 Å². The highest BCUT2D eigenvalue weighted by Crippen LogP contribution is 2.23. The third kappa shape index (κ3) is 3.81. The summed E-state index contributed by atoms with van der Waals surface area (Å²) in [6.07, 6.45) is 0. The molecule has 0 aromatic heterocycles. The first-order chi connectivity index (χ1) is 9.94. The van der Waals surface area contributed by atoms with E-state index in [0.29, 0.717) is 4.47 Å². The number of ether oxygens (including phenoxy) is 1. The minimum absolute atomic E-state index is 0.0166. The Balaban J connectivity index is 2.24. The monoisotopic (exact) mass is 373 g/mol. The van der Waals surface area contributed by atoms with Gasteiger partial charge in [-0.05, 0) is 30.3 Å². The van der Waals surface area contributed by atoms with Crippen molar-refractivity contribution in [3.8, 4) is 5.75 Å². The number of rotatable bonds is 5. The molecule has 2 aromatic carbocycles. The summed E-state index contributed by atoms with van der Waals surface area (Å²) in [5.74, 6) is -0.236. The predicted molar refractivity (Wildman–Crippen MR) is 81.1 cm³/mol. The summed E-state index contributed by atoms with van der Waals surface area (Å²) in [6.45, 7) is -0.147. The second-order valence-electron chi connectivity index (χ2n) is 4.21. The molecule has 0 aliphatic rings. The Hall–Kier alpha value is -1.44. The quantitative estimate of drug-likeness (QED) is 0.875. The van der Waals surface area contributed by atoms with Crippen LogP contribution in [-0.4, -0.2) is 15.5 Å². The van der Waals surface area contributed by atoms with Gasteiger partial charge in [0.25, 0.3) is 0 Å². The van der Waals surface area contributed by atoms with Crippen molar-refractivity contribution in [3.63, 3.8) is 0 Å². The van der Waals surface area contributed by atoms with Crippen molar-refractivity contribution in [1.29, 1.82) is 0 Å². The number of halogens is 2. The molecule has 0 aliphatic heterocycles. The SMILES string of the molecule is COc1ccccc1S(=O)(=O)NCc1cc(Br)ccc1F. The van der Waals surface area contributed by atoms with Crippen LogP contribution in [0.5, 0.6) is 5.75 Å². The maximum absolute atomic E-state index is 13.6. The van der Waals surface area contributed by atoms with E-state index in [9.17, 15) is 12.8 Å². The van der Waals surface area contributed by atoms with Gasteiger partial charge in [-0.15, -0.1) is 0 Å². The molecule has 112 valence electrons. The standard InChI is InChI=1S/C14H13BrFNO3S/c1-20-13-4-2-3-5-14(13)21(18,19)17-9-10-8-11(15)6-7-12(10)16/h2-8,17H,9H2,1H3. The molecule has 2 rings (SSSR count). The van der Waals surface area contributed by atoms with Gasteiger partial charge in [-0.1, -0.05) is 28.1 Å². The van der Waals surface area contributed by atoms with Crippen LogP contribution in [0.15, 0.2) is 51.8 Å². The van der Waals surface area contributed by atoms with Crippen LogP contribution in [0.2, 0.25) is 0 Å². The smallest absolute Gasteiger partial charge is 0.244 e. The third-order valence-electron chi connectivity index (χ3n) is 2.82. The summed E-state index contributed by atoms with van der Waals surface area (Å²) in [7, 11) is -2.40. The molecule has 0 bridgehead atoms. The Kier molecular flexibility index (Phi) is 4.97. The summed E-state index contributed by atoms with van der Waals surface area (Å²) >= 11 is 3.22. The van der Waals surface area contributed by atoms with Crippen LogP contribution in [0.1, 0.15) is 5.56 Å². The van der Waals surface area contributed by atoms with Gasteiger partial charge in [0.05, 0.1) is 7.11 Å². The summed E-state index contributed by atoms with van der Waals surface area (Å²) in [5.41, 5.74) is 0.253.